The molecule has 3 N–H and O–H groups in total. The molecule has 1 aromatic carbocycles. The Bertz CT molecular complexity index is 370. The minimum Gasteiger partial charge on any atom is -0.397 e. The Morgan fingerprint density at radius 3 is 3.00 bits per heavy atom. The molecule has 2 unspecified atom stereocenters. The largest absolute Gasteiger partial charge is 0.397 e. The minimum absolute atomic E-state index is 0.276. The van der Waals surface area contributed by atoms with Crippen LogP contribution in [0.5, 0.6) is 0 Å². The molecule has 0 spiro atoms. The highest BCUT2D eigenvalue weighted by Gasteiger charge is 2.27. The van der Waals surface area contributed by atoms with Crippen molar-refractivity contribution in [2.24, 2.45) is 0 Å². The summed E-state index contributed by atoms with van der Waals surface area (Å²) >= 11 is 5.95. The van der Waals surface area contributed by atoms with Crippen LogP contribution < -0.4 is 11.1 Å². The van der Waals surface area contributed by atoms with Crippen LogP contribution in [-0.4, -0.2) is 19.3 Å². The molecule has 1 aromatic rings. The summed E-state index contributed by atoms with van der Waals surface area (Å²) in [6.07, 6.45) is 3.69. The molecule has 1 saturated carbocycles. The Balaban J connectivity index is 2.11. The van der Waals surface area contributed by atoms with Crippen molar-refractivity contribution < 1.29 is 4.74 Å². The van der Waals surface area contributed by atoms with Crippen LogP contribution in [0.2, 0.25) is 5.02 Å². The second kappa shape index (κ2) is 4.93. The Labute approximate surface area is 101 Å². The second-order valence-electron chi connectivity index (χ2n) is 4.19. The number of nitrogen functional groups attached to an aromatic ring is 1. The number of ether oxygens (including phenoxy) is 1. The minimum atomic E-state index is 0.276. The molecule has 1 fully saturated rings. The molecular formula is C12H17ClN2O. The Morgan fingerprint density at radius 2 is 2.25 bits per heavy atom. The molecule has 1 aliphatic rings. The van der Waals surface area contributed by atoms with Crippen LogP contribution in [0.15, 0.2) is 18.2 Å². The Morgan fingerprint density at radius 1 is 1.44 bits per heavy atom. The summed E-state index contributed by atoms with van der Waals surface area (Å²) in [7, 11) is 1.76. The molecule has 4 heteroatoms. The van der Waals surface area contributed by atoms with Crippen LogP contribution in [-0.2, 0) is 4.74 Å². The molecule has 16 heavy (non-hydrogen) atoms. The van der Waals surface area contributed by atoms with Gasteiger partial charge in [0.2, 0.25) is 0 Å². The molecule has 1 aliphatic carbocycles. The molecule has 2 atom stereocenters. The van der Waals surface area contributed by atoms with Gasteiger partial charge in [0.1, 0.15) is 0 Å². The Kier molecular flexibility index (Phi) is 3.56. The first kappa shape index (κ1) is 11.6. The van der Waals surface area contributed by atoms with Crippen molar-refractivity contribution in [1.82, 2.24) is 0 Å². The highest BCUT2D eigenvalue weighted by molar-refractivity contribution is 6.31. The first-order valence-corrected chi connectivity index (χ1v) is 5.93. The first-order valence-electron chi connectivity index (χ1n) is 5.55. The molecule has 2 rings (SSSR count). The van der Waals surface area contributed by atoms with E-state index in [0.717, 1.165) is 24.2 Å². The van der Waals surface area contributed by atoms with E-state index in [1.165, 1.54) is 6.42 Å². The van der Waals surface area contributed by atoms with Crippen molar-refractivity contribution in [3.05, 3.63) is 23.2 Å². The van der Waals surface area contributed by atoms with Gasteiger partial charge in [-0.3, -0.25) is 0 Å². The molecule has 0 aliphatic heterocycles. The molecule has 0 aromatic heterocycles. The number of anilines is 2. The van der Waals surface area contributed by atoms with Gasteiger partial charge in [-0.05, 0) is 37.5 Å². The fraction of sp³-hybridized carbons (Fsp3) is 0.500. The van der Waals surface area contributed by atoms with E-state index in [9.17, 15) is 0 Å². The quantitative estimate of drug-likeness (QED) is 0.799. The number of hydrogen-bond donors (Lipinski definition) is 2. The standard InChI is InChI=1S/C12H17ClN2O/c1-16-12-4-2-3-10(12)15-11-7-8(13)5-6-9(11)14/h5-7,10,12,15H,2-4,14H2,1H3. The van der Waals surface area contributed by atoms with Gasteiger partial charge in [0, 0.05) is 12.1 Å². The van der Waals surface area contributed by atoms with E-state index >= 15 is 0 Å². The van der Waals surface area contributed by atoms with Gasteiger partial charge in [-0.2, -0.15) is 0 Å². The molecule has 88 valence electrons. The van der Waals surface area contributed by atoms with E-state index in [1.807, 2.05) is 12.1 Å². The van der Waals surface area contributed by atoms with Gasteiger partial charge in [-0.1, -0.05) is 11.6 Å². The van der Waals surface area contributed by atoms with E-state index in [4.69, 9.17) is 22.1 Å². The lowest BCUT2D eigenvalue weighted by Gasteiger charge is -2.21. The lowest BCUT2D eigenvalue weighted by atomic mass is 10.2. The lowest BCUT2D eigenvalue weighted by molar-refractivity contribution is 0.101. The van der Waals surface area contributed by atoms with Crippen molar-refractivity contribution >= 4 is 23.0 Å². The fourth-order valence-electron chi connectivity index (χ4n) is 2.23. The van der Waals surface area contributed by atoms with Crippen molar-refractivity contribution in [2.45, 2.75) is 31.4 Å². The van der Waals surface area contributed by atoms with Crippen molar-refractivity contribution in [3.63, 3.8) is 0 Å². The van der Waals surface area contributed by atoms with E-state index in [-0.39, 0.29) is 6.10 Å². The molecule has 0 amide bonds. The normalized spacial score (nSPS) is 24.6. The molecule has 0 bridgehead atoms. The second-order valence-corrected chi connectivity index (χ2v) is 4.62. The smallest absolute Gasteiger partial charge is 0.0772 e. The zero-order chi connectivity index (χ0) is 11.5. The Hall–Kier alpha value is -0.930. The number of rotatable bonds is 3. The summed E-state index contributed by atoms with van der Waals surface area (Å²) in [4.78, 5) is 0. The van der Waals surface area contributed by atoms with E-state index in [0.29, 0.717) is 11.1 Å². The summed E-state index contributed by atoms with van der Waals surface area (Å²) in [6.45, 7) is 0. The van der Waals surface area contributed by atoms with Crippen molar-refractivity contribution in [3.8, 4) is 0 Å². The third-order valence-electron chi connectivity index (χ3n) is 3.11. The van der Waals surface area contributed by atoms with Crippen LogP contribution >= 0.6 is 11.6 Å². The maximum absolute atomic E-state index is 5.95. The van der Waals surface area contributed by atoms with Gasteiger partial charge in [-0.25, -0.2) is 0 Å². The van der Waals surface area contributed by atoms with Crippen molar-refractivity contribution in [1.29, 1.82) is 0 Å². The number of halogens is 1. The van der Waals surface area contributed by atoms with Gasteiger partial charge in [0.25, 0.3) is 0 Å². The summed E-state index contributed by atoms with van der Waals surface area (Å²) in [5, 5.41) is 4.11. The summed E-state index contributed by atoms with van der Waals surface area (Å²) in [6, 6.07) is 5.82. The predicted octanol–water partition coefficient (Wildman–Crippen LogP) is 2.90. The summed E-state index contributed by atoms with van der Waals surface area (Å²) < 4.78 is 5.43. The first-order chi connectivity index (χ1) is 7.70. The van der Waals surface area contributed by atoms with Crippen LogP contribution in [0.3, 0.4) is 0 Å². The molecule has 0 radical (unpaired) electrons. The van der Waals surface area contributed by atoms with Crippen molar-refractivity contribution in [2.75, 3.05) is 18.2 Å². The molecule has 0 heterocycles. The zero-order valence-electron chi connectivity index (χ0n) is 9.37. The van der Waals surface area contributed by atoms with E-state index in [2.05, 4.69) is 5.32 Å². The summed E-state index contributed by atoms with van der Waals surface area (Å²) in [5.41, 5.74) is 7.52. The van der Waals surface area contributed by atoms with Gasteiger partial charge in [-0.15, -0.1) is 0 Å². The number of methoxy groups -OCH3 is 1. The van der Waals surface area contributed by atoms with Gasteiger partial charge in [0.05, 0.1) is 23.5 Å². The van der Waals surface area contributed by atoms with Crippen LogP contribution in [0.1, 0.15) is 19.3 Å². The zero-order valence-corrected chi connectivity index (χ0v) is 10.1. The van der Waals surface area contributed by atoms with Gasteiger partial charge in [0.15, 0.2) is 0 Å². The van der Waals surface area contributed by atoms with Crippen LogP contribution in [0.25, 0.3) is 0 Å². The van der Waals surface area contributed by atoms with Crippen LogP contribution in [0, 0.1) is 0 Å². The SMILES string of the molecule is COC1CCCC1Nc1cc(Cl)ccc1N. The number of nitrogens with one attached hydrogen (secondary N) is 1. The van der Waals surface area contributed by atoms with Gasteiger partial charge >= 0.3 is 0 Å². The number of hydrogen-bond acceptors (Lipinski definition) is 3. The third-order valence-corrected chi connectivity index (χ3v) is 3.35. The predicted molar refractivity (Wildman–Crippen MR) is 67.9 cm³/mol. The molecular weight excluding hydrogens is 224 g/mol. The highest BCUT2D eigenvalue weighted by atomic mass is 35.5. The molecule has 3 nitrogen and oxygen atoms in total. The highest BCUT2D eigenvalue weighted by Crippen LogP contribution is 2.29. The maximum atomic E-state index is 5.95. The molecule has 0 saturated heterocycles. The van der Waals surface area contributed by atoms with E-state index in [1.54, 1.807) is 13.2 Å². The fourth-order valence-corrected chi connectivity index (χ4v) is 2.40. The monoisotopic (exact) mass is 240 g/mol. The number of benzene rings is 1. The van der Waals surface area contributed by atoms with Gasteiger partial charge < -0.3 is 15.8 Å². The average molecular weight is 241 g/mol. The van der Waals surface area contributed by atoms with Crippen LogP contribution in [0.4, 0.5) is 11.4 Å². The average Bonchev–Trinajstić information content (AvgIpc) is 2.71. The summed E-state index contributed by atoms with van der Waals surface area (Å²) in [5.74, 6) is 0. The third kappa shape index (κ3) is 2.42. The topological polar surface area (TPSA) is 47.3 Å². The lowest BCUT2D eigenvalue weighted by Crippen LogP contribution is -2.30. The number of nitrogens with two attached hydrogens (primary N) is 1. The maximum Gasteiger partial charge on any atom is 0.0772 e. The van der Waals surface area contributed by atoms with E-state index < -0.39 is 0 Å².